The number of amides is 2. The molecular formula is C21H31N3O3. The van der Waals surface area contributed by atoms with Crippen LogP contribution in [0.5, 0.6) is 0 Å². The van der Waals surface area contributed by atoms with Crippen LogP contribution in [0.2, 0.25) is 0 Å². The Morgan fingerprint density at radius 1 is 1.15 bits per heavy atom. The van der Waals surface area contributed by atoms with Crippen LogP contribution in [0.4, 0.5) is 4.79 Å². The second kappa shape index (κ2) is 8.74. The van der Waals surface area contributed by atoms with E-state index in [1.54, 1.807) is 0 Å². The zero-order valence-electron chi connectivity index (χ0n) is 16.4. The Morgan fingerprint density at radius 3 is 2.48 bits per heavy atom. The summed E-state index contributed by atoms with van der Waals surface area (Å²) in [5.41, 5.74) is 1.75. The smallest absolute Gasteiger partial charge is 0.407 e. The van der Waals surface area contributed by atoms with Gasteiger partial charge in [-0.15, -0.1) is 0 Å². The van der Waals surface area contributed by atoms with Crippen molar-refractivity contribution >= 4 is 12.0 Å². The third-order valence-electron chi connectivity index (χ3n) is 6.27. The quantitative estimate of drug-likeness (QED) is 0.851. The molecule has 2 fully saturated rings. The number of likely N-dealkylation sites (tertiary alicyclic amines) is 2. The van der Waals surface area contributed by atoms with Crippen molar-refractivity contribution in [2.24, 2.45) is 5.92 Å². The monoisotopic (exact) mass is 373 g/mol. The highest BCUT2D eigenvalue weighted by molar-refractivity contribution is 5.95. The molecule has 0 saturated carbocycles. The van der Waals surface area contributed by atoms with Gasteiger partial charge in [-0.2, -0.15) is 0 Å². The van der Waals surface area contributed by atoms with Gasteiger partial charge in [0.05, 0.1) is 0 Å². The van der Waals surface area contributed by atoms with Crippen molar-refractivity contribution in [2.45, 2.75) is 51.6 Å². The summed E-state index contributed by atoms with van der Waals surface area (Å²) in [5.74, 6) is 0.507. The number of aryl methyl sites for hydroxylation is 1. The van der Waals surface area contributed by atoms with Gasteiger partial charge in [-0.05, 0) is 50.3 Å². The number of nitrogens with one attached hydrogen (secondary N) is 1. The van der Waals surface area contributed by atoms with Crippen molar-refractivity contribution in [2.75, 3.05) is 26.2 Å². The van der Waals surface area contributed by atoms with E-state index in [1.807, 2.05) is 31.2 Å². The molecule has 148 valence electrons. The van der Waals surface area contributed by atoms with E-state index < -0.39 is 6.09 Å². The number of nitrogens with zero attached hydrogens (tertiary/aromatic N) is 2. The van der Waals surface area contributed by atoms with Crippen LogP contribution in [0.3, 0.4) is 0 Å². The molecule has 6 nitrogen and oxygen atoms in total. The summed E-state index contributed by atoms with van der Waals surface area (Å²) in [7, 11) is 0. The fourth-order valence-corrected chi connectivity index (χ4v) is 4.51. The molecular weight excluding hydrogens is 342 g/mol. The lowest BCUT2D eigenvalue weighted by molar-refractivity contribution is 0.0534. The lowest BCUT2D eigenvalue weighted by Crippen LogP contribution is -2.56. The van der Waals surface area contributed by atoms with Gasteiger partial charge in [0.15, 0.2) is 0 Å². The first kappa shape index (κ1) is 19.7. The van der Waals surface area contributed by atoms with Crippen molar-refractivity contribution < 1.29 is 14.7 Å². The third kappa shape index (κ3) is 4.61. The first-order valence-electron chi connectivity index (χ1n) is 10.1. The van der Waals surface area contributed by atoms with E-state index in [4.69, 9.17) is 5.11 Å². The summed E-state index contributed by atoms with van der Waals surface area (Å²) in [6, 6.07) is 8.27. The molecule has 2 saturated heterocycles. The maximum atomic E-state index is 12.8. The lowest BCUT2D eigenvalue weighted by Gasteiger charge is -2.44. The molecule has 1 aromatic rings. The van der Waals surface area contributed by atoms with E-state index >= 15 is 0 Å². The highest BCUT2D eigenvalue weighted by Crippen LogP contribution is 2.26. The van der Waals surface area contributed by atoms with Crippen LogP contribution in [-0.2, 0) is 0 Å². The van der Waals surface area contributed by atoms with E-state index in [-0.39, 0.29) is 11.9 Å². The van der Waals surface area contributed by atoms with Gasteiger partial charge in [-0.1, -0.05) is 31.5 Å². The number of rotatable bonds is 4. The molecule has 2 amide bonds. The van der Waals surface area contributed by atoms with Crippen molar-refractivity contribution in [3.8, 4) is 0 Å². The molecule has 2 N–H and O–H groups in total. The Hall–Kier alpha value is -2.08. The molecule has 27 heavy (non-hydrogen) atoms. The number of hydrogen-bond donors (Lipinski definition) is 2. The summed E-state index contributed by atoms with van der Waals surface area (Å²) >= 11 is 0. The SMILES string of the molecule is CCC1CCN(C2CCN(C(=O)O)CC2)CC1NC(=O)c1ccccc1C. The zero-order chi connectivity index (χ0) is 19.4. The third-order valence-corrected chi connectivity index (χ3v) is 6.27. The standard InChI is InChI=1S/C21H31N3O3/c1-3-16-8-11-24(17-9-12-23(13-10-17)21(26)27)14-19(16)22-20(25)18-7-5-4-6-15(18)2/h4-7,16-17,19H,3,8-14H2,1-2H3,(H,22,25)(H,26,27). The second-order valence-corrected chi connectivity index (χ2v) is 7.85. The lowest BCUT2D eigenvalue weighted by atomic mass is 9.87. The Labute approximate surface area is 161 Å². The number of carbonyl (C=O) groups is 2. The molecule has 2 heterocycles. The average molecular weight is 373 g/mol. The first-order chi connectivity index (χ1) is 13.0. The number of carbonyl (C=O) groups excluding carboxylic acids is 1. The molecule has 2 aliphatic rings. The van der Waals surface area contributed by atoms with Gasteiger partial charge in [0.1, 0.15) is 0 Å². The molecule has 0 spiro atoms. The minimum atomic E-state index is -0.818. The van der Waals surface area contributed by atoms with Crippen LogP contribution in [-0.4, -0.2) is 65.2 Å². The molecule has 2 aliphatic heterocycles. The Bertz CT molecular complexity index is 670. The molecule has 1 aromatic carbocycles. The van der Waals surface area contributed by atoms with Crippen LogP contribution in [0.1, 0.15) is 48.5 Å². The van der Waals surface area contributed by atoms with Gasteiger partial charge in [0.25, 0.3) is 5.91 Å². The predicted molar refractivity (Wildman–Crippen MR) is 105 cm³/mol. The van der Waals surface area contributed by atoms with E-state index in [0.717, 1.165) is 49.9 Å². The minimum absolute atomic E-state index is 0.0131. The van der Waals surface area contributed by atoms with Crippen molar-refractivity contribution in [3.05, 3.63) is 35.4 Å². The molecule has 0 bridgehead atoms. The van der Waals surface area contributed by atoms with Crippen molar-refractivity contribution in [1.29, 1.82) is 0 Å². The summed E-state index contributed by atoms with van der Waals surface area (Å²) in [5, 5.41) is 12.4. The summed E-state index contributed by atoms with van der Waals surface area (Å²) < 4.78 is 0. The fourth-order valence-electron chi connectivity index (χ4n) is 4.51. The second-order valence-electron chi connectivity index (χ2n) is 7.85. The fraction of sp³-hybridized carbons (Fsp3) is 0.619. The Balaban J connectivity index is 1.62. The van der Waals surface area contributed by atoms with Crippen LogP contribution < -0.4 is 5.32 Å². The zero-order valence-corrected chi connectivity index (χ0v) is 16.4. The molecule has 6 heteroatoms. The number of benzene rings is 1. The predicted octanol–water partition coefficient (Wildman–Crippen LogP) is 2.97. The minimum Gasteiger partial charge on any atom is -0.465 e. The maximum Gasteiger partial charge on any atom is 0.407 e. The highest BCUT2D eigenvalue weighted by atomic mass is 16.4. The van der Waals surface area contributed by atoms with Crippen molar-refractivity contribution in [3.63, 3.8) is 0 Å². The van der Waals surface area contributed by atoms with E-state index in [9.17, 15) is 9.59 Å². The average Bonchev–Trinajstić information content (AvgIpc) is 2.68. The summed E-state index contributed by atoms with van der Waals surface area (Å²) in [6.45, 7) is 7.26. The van der Waals surface area contributed by atoms with Crippen LogP contribution in [0.15, 0.2) is 24.3 Å². The first-order valence-corrected chi connectivity index (χ1v) is 10.1. The molecule has 2 unspecified atom stereocenters. The van der Waals surface area contributed by atoms with Crippen LogP contribution in [0, 0.1) is 12.8 Å². The molecule has 3 rings (SSSR count). The van der Waals surface area contributed by atoms with Gasteiger partial charge in [0.2, 0.25) is 0 Å². The Morgan fingerprint density at radius 2 is 1.85 bits per heavy atom. The van der Waals surface area contributed by atoms with Gasteiger partial charge in [0, 0.05) is 37.3 Å². The largest absolute Gasteiger partial charge is 0.465 e. The molecule has 0 aromatic heterocycles. The highest BCUT2D eigenvalue weighted by Gasteiger charge is 2.34. The van der Waals surface area contributed by atoms with Gasteiger partial charge >= 0.3 is 6.09 Å². The number of carboxylic acid groups (broad SMARTS) is 1. The van der Waals surface area contributed by atoms with E-state index in [0.29, 0.717) is 25.0 Å². The molecule has 2 atom stereocenters. The van der Waals surface area contributed by atoms with Gasteiger partial charge in [-0.3, -0.25) is 9.69 Å². The van der Waals surface area contributed by atoms with Gasteiger partial charge in [-0.25, -0.2) is 4.79 Å². The number of hydrogen-bond acceptors (Lipinski definition) is 3. The van der Waals surface area contributed by atoms with E-state index in [1.165, 1.54) is 4.90 Å². The Kier molecular flexibility index (Phi) is 6.37. The normalized spacial score (nSPS) is 24.6. The molecule has 0 aliphatic carbocycles. The van der Waals surface area contributed by atoms with Crippen molar-refractivity contribution in [1.82, 2.24) is 15.1 Å². The topological polar surface area (TPSA) is 72.9 Å². The summed E-state index contributed by atoms with van der Waals surface area (Å²) in [6.07, 6.45) is 3.07. The maximum absolute atomic E-state index is 12.8. The van der Waals surface area contributed by atoms with Crippen LogP contribution >= 0.6 is 0 Å². The van der Waals surface area contributed by atoms with Crippen LogP contribution in [0.25, 0.3) is 0 Å². The molecule has 0 radical (unpaired) electrons. The van der Waals surface area contributed by atoms with E-state index in [2.05, 4.69) is 17.1 Å². The number of piperidine rings is 2. The van der Waals surface area contributed by atoms with Gasteiger partial charge < -0.3 is 15.3 Å². The summed E-state index contributed by atoms with van der Waals surface area (Å²) in [4.78, 5) is 27.9.